The number of aliphatic hydroxyl groups excluding tert-OH is 1. The minimum atomic E-state index is -1.31. The van der Waals surface area contributed by atoms with Gasteiger partial charge in [-0.15, -0.1) is 0 Å². The van der Waals surface area contributed by atoms with Crippen LogP contribution in [0.15, 0.2) is 0 Å². The summed E-state index contributed by atoms with van der Waals surface area (Å²) in [5, 5.41) is 19.3. The van der Waals surface area contributed by atoms with Gasteiger partial charge in [0.05, 0.1) is 12.6 Å². The van der Waals surface area contributed by atoms with Crippen molar-refractivity contribution in [3.05, 3.63) is 0 Å². The van der Waals surface area contributed by atoms with Gasteiger partial charge in [-0.1, -0.05) is 0 Å². The molecule has 0 aliphatic carbocycles. The summed E-state index contributed by atoms with van der Waals surface area (Å²) in [7, 11) is 1.47. The summed E-state index contributed by atoms with van der Waals surface area (Å²) in [5.74, 6) is -1.92. The van der Waals surface area contributed by atoms with Crippen LogP contribution in [-0.2, 0) is 14.3 Å². The maximum absolute atomic E-state index is 11.3. The first-order chi connectivity index (χ1) is 7.02. The fourth-order valence-corrected chi connectivity index (χ4v) is 0.840. The molecule has 88 valence electrons. The largest absolute Gasteiger partial charge is 0.480 e. The van der Waals surface area contributed by atoms with Gasteiger partial charge in [-0.2, -0.15) is 0 Å². The van der Waals surface area contributed by atoms with Gasteiger partial charge in [0.15, 0.2) is 0 Å². The summed E-state index contributed by atoms with van der Waals surface area (Å²) >= 11 is 0. The SMILES string of the molecule is COCCC(N)C(=O)N[C@@H](CO)C(=O)O. The Hall–Kier alpha value is -1.18. The van der Waals surface area contributed by atoms with Gasteiger partial charge in [0, 0.05) is 13.7 Å². The van der Waals surface area contributed by atoms with E-state index in [0.29, 0.717) is 13.0 Å². The van der Waals surface area contributed by atoms with E-state index in [9.17, 15) is 9.59 Å². The maximum Gasteiger partial charge on any atom is 0.328 e. The van der Waals surface area contributed by atoms with E-state index in [-0.39, 0.29) is 0 Å². The number of carbonyl (C=O) groups is 2. The van der Waals surface area contributed by atoms with E-state index < -0.39 is 30.6 Å². The Morgan fingerprint density at radius 2 is 2.13 bits per heavy atom. The number of hydrogen-bond acceptors (Lipinski definition) is 5. The molecule has 15 heavy (non-hydrogen) atoms. The predicted octanol–water partition coefficient (Wildman–Crippen LogP) is -2.09. The average Bonchev–Trinajstić information content (AvgIpc) is 2.21. The molecule has 2 atom stereocenters. The van der Waals surface area contributed by atoms with E-state index >= 15 is 0 Å². The lowest BCUT2D eigenvalue weighted by molar-refractivity contribution is -0.143. The Morgan fingerprint density at radius 1 is 1.53 bits per heavy atom. The zero-order chi connectivity index (χ0) is 11.8. The first-order valence-electron chi connectivity index (χ1n) is 4.41. The summed E-state index contributed by atoms with van der Waals surface area (Å²) in [6.07, 6.45) is 0.292. The van der Waals surface area contributed by atoms with Gasteiger partial charge < -0.3 is 26.0 Å². The number of ether oxygens (including phenoxy) is 1. The highest BCUT2D eigenvalue weighted by molar-refractivity contribution is 5.86. The second-order valence-electron chi connectivity index (χ2n) is 2.97. The monoisotopic (exact) mass is 220 g/mol. The van der Waals surface area contributed by atoms with Crippen LogP contribution in [0, 0.1) is 0 Å². The van der Waals surface area contributed by atoms with Crippen LogP contribution in [0.2, 0.25) is 0 Å². The van der Waals surface area contributed by atoms with E-state index in [1.54, 1.807) is 0 Å². The van der Waals surface area contributed by atoms with Crippen molar-refractivity contribution in [2.24, 2.45) is 5.73 Å². The lowest BCUT2D eigenvalue weighted by Crippen LogP contribution is -2.50. The second-order valence-corrected chi connectivity index (χ2v) is 2.97. The highest BCUT2D eigenvalue weighted by Crippen LogP contribution is 1.91. The Balaban J connectivity index is 4.04. The summed E-state index contributed by atoms with van der Waals surface area (Å²) in [5.41, 5.74) is 5.44. The van der Waals surface area contributed by atoms with Crippen LogP contribution in [0.1, 0.15) is 6.42 Å². The zero-order valence-electron chi connectivity index (χ0n) is 8.47. The summed E-state index contributed by atoms with van der Waals surface area (Å²) in [4.78, 5) is 21.7. The average molecular weight is 220 g/mol. The fourth-order valence-electron chi connectivity index (χ4n) is 0.840. The first-order valence-corrected chi connectivity index (χ1v) is 4.41. The van der Waals surface area contributed by atoms with Crippen molar-refractivity contribution in [2.75, 3.05) is 20.3 Å². The quantitative estimate of drug-likeness (QED) is 0.390. The topological polar surface area (TPSA) is 122 Å². The van der Waals surface area contributed by atoms with Crippen LogP contribution in [0.5, 0.6) is 0 Å². The third-order valence-corrected chi connectivity index (χ3v) is 1.77. The number of amides is 1. The molecule has 0 bridgehead atoms. The Kier molecular flexibility index (Phi) is 6.59. The molecule has 0 rings (SSSR count). The van der Waals surface area contributed by atoms with Gasteiger partial charge in [-0.05, 0) is 6.42 Å². The summed E-state index contributed by atoms with van der Waals surface area (Å²) in [6, 6.07) is -2.15. The molecule has 0 aromatic rings. The number of aliphatic hydroxyl groups is 1. The minimum Gasteiger partial charge on any atom is -0.480 e. The van der Waals surface area contributed by atoms with E-state index in [1.165, 1.54) is 7.11 Å². The summed E-state index contributed by atoms with van der Waals surface area (Å²) < 4.78 is 4.72. The summed E-state index contributed by atoms with van der Waals surface area (Å²) in [6.45, 7) is -0.358. The molecule has 0 aliphatic rings. The van der Waals surface area contributed by atoms with Crippen LogP contribution >= 0.6 is 0 Å². The number of hydrogen-bond donors (Lipinski definition) is 4. The smallest absolute Gasteiger partial charge is 0.328 e. The maximum atomic E-state index is 11.3. The van der Waals surface area contributed by atoms with Gasteiger partial charge in [-0.3, -0.25) is 4.79 Å². The number of methoxy groups -OCH3 is 1. The number of carboxylic acids is 1. The van der Waals surface area contributed by atoms with Gasteiger partial charge in [0.2, 0.25) is 5.91 Å². The number of rotatable bonds is 7. The Labute approximate surface area is 87.2 Å². The number of aliphatic carboxylic acids is 1. The Morgan fingerprint density at radius 3 is 2.53 bits per heavy atom. The van der Waals surface area contributed by atoms with Crippen molar-refractivity contribution >= 4 is 11.9 Å². The molecule has 7 heteroatoms. The minimum absolute atomic E-state index is 0.292. The number of carboxylic acid groups (broad SMARTS) is 1. The van der Waals surface area contributed by atoms with Gasteiger partial charge in [0.1, 0.15) is 6.04 Å². The van der Waals surface area contributed by atoms with E-state index in [4.69, 9.17) is 20.7 Å². The predicted molar refractivity (Wildman–Crippen MR) is 51.1 cm³/mol. The molecular weight excluding hydrogens is 204 g/mol. The second kappa shape index (κ2) is 7.16. The lowest BCUT2D eigenvalue weighted by Gasteiger charge is -2.15. The van der Waals surface area contributed by atoms with E-state index in [0.717, 1.165) is 0 Å². The molecular formula is C8H16N2O5. The molecule has 0 saturated carbocycles. The molecule has 0 aromatic heterocycles. The van der Waals surface area contributed by atoms with Crippen LogP contribution < -0.4 is 11.1 Å². The molecule has 7 nitrogen and oxygen atoms in total. The van der Waals surface area contributed by atoms with Crippen molar-refractivity contribution in [3.8, 4) is 0 Å². The van der Waals surface area contributed by atoms with Crippen LogP contribution in [-0.4, -0.2) is 54.5 Å². The highest BCUT2D eigenvalue weighted by atomic mass is 16.5. The lowest BCUT2D eigenvalue weighted by atomic mass is 10.2. The number of nitrogens with two attached hydrogens (primary N) is 1. The molecule has 0 aromatic carbocycles. The van der Waals surface area contributed by atoms with Crippen molar-refractivity contribution in [2.45, 2.75) is 18.5 Å². The van der Waals surface area contributed by atoms with Gasteiger partial charge in [0.25, 0.3) is 0 Å². The van der Waals surface area contributed by atoms with Gasteiger partial charge >= 0.3 is 5.97 Å². The molecule has 5 N–H and O–H groups in total. The van der Waals surface area contributed by atoms with Crippen LogP contribution in [0.3, 0.4) is 0 Å². The molecule has 1 unspecified atom stereocenters. The third-order valence-electron chi connectivity index (χ3n) is 1.77. The fraction of sp³-hybridized carbons (Fsp3) is 0.750. The molecule has 0 saturated heterocycles. The van der Waals surface area contributed by atoms with Crippen LogP contribution in [0.25, 0.3) is 0 Å². The van der Waals surface area contributed by atoms with E-state index in [1.807, 2.05) is 0 Å². The van der Waals surface area contributed by atoms with E-state index in [2.05, 4.69) is 5.32 Å². The number of nitrogens with one attached hydrogen (secondary N) is 1. The highest BCUT2D eigenvalue weighted by Gasteiger charge is 2.21. The first kappa shape index (κ1) is 13.8. The molecule has 0 radical (unpaired) electrons. The van der Waals surface area contributed by atoms with Crippen molar-refractivity contribution in [1.29, 1.82) is 0 Å². The molecule has 0 heterocycles. The zero-order valence-corrected chi connectivity index (χ0v) is 8.47. The molecule has 0 aliphatic heterocycles. The van der Waals surface area contributed by atoms with Crippen molar-refractivity contribution < 1.29 is 24.5 Å². The Bertz CT molecular complexity index is 221. The van der Waals surface area contributed by atoms with Crippen molar-refractivity contribution in [3.63, 3.8) is 0 Å². The standard InChI is InChI=1S/C8H16N2O5/c1-15-3-2-5(9)7(12)10-6(4-11)8(13)14/h5-6,11H,2-4,9H2,1H3,(H,10,12)(H,13,14)/t5?,6-/m0/s1. The number of carbonyl (C=O) groups excluding carboxylic acids is 1. The third kappa shape index (κ3) is 5.31. The normalized spacial score (nSPS) is 14.3. The molecule has 0 fully saturated rings. The molecule has 0 spiro atoms. The van der Waals surface area contributed by atoms with Crippen LogP contribution in [0.4, 0.5) is 0 Å². The van der Waals surface area contributed by atoms with Gasteiger partial charge in [-0.25, -0.2) is 4.79 Å². The molecule has 1 amide bonds. The van der Waals surface area contributed by atoms with Crippen molar-refractivity contribution in [1.82, 2.24) is 5.32 Å².